The molecule has 1 aliphatic heterocycles. The number of carbonyl (C=O) groups excluding carboxylic acids is 1. The molecule has 168 valence electrons. The van der Waals surface area contributed by atoms with Gasteiger partial charge in [-0.2, -0.15) is 9.40 Å². The summed E-state index contributed by atoms with van der Waals surface area (Å²) in [4.78, 5) is 18.9. The minimum Gasteiger partial charge on any atom is -0.381 e. The largest absolute Gasteiger partial charge is 0.381 e. The molecule has 31 heavy (non-hydrogen) atoms. The Bertz CT molecular complexity index is 1020. The highest BCUT2D eigenvalue weighted by Crippen LogP contribution is 2.30. The number of carbonyl (C=O) groups is 1. The molecule has 2 aliphatic rings. The van der Waals surface area contributed by atoms with Gasteiger partial charge in [0.05, 0.1) is 6.10 Å². The summed E-state index contributed by atoms with van der Waals surface area (Å²) in [6.45, 7) is 1.30. The van der Waals surface area contributed by atoms with E-state index in [1.165, 1.54) is 8.99 Å². The molecule has 4 rings (SSSR count). The van der Waals surface area contributed by atoms with Gasteiger partial charge in [-0.25, -0.2) is 8.42 Å². The molecule has 2 atom stereocenters. The molecule has 3 heterocycles. The Kier molecular flexibility index (Phi) is 6.40. The van der Waals surface area contributed by atoms with Gasteiger partial charge in [-0.1, -0.05) is 12.5 Å². The van der Waals surface area contributed by atoms with E-state index in [2.05, 4.69) is 10.1 Å². The topological polar surface area (TPSA) is 97.6 Å². The maximum absolute atomic E-state index is 13.4. The van der Waals surface area contributed by atoms with Crippen molar-refractivity contribution in [2.24, 2.45) is 13.0 Å². The third-order valence-corrected chi connectivity index (χ3v) is 8.05. The van der Waals surface area contributed by atoms with Crippen molar-refractivity contribution in [3.05, 3.63) is 30.7 Å². The van der Waals surface area contributed by atoms with Crippen molar-refractivity contribution in [1.82, 2.24) is 24.0 Å². The smallest absolute Gasteiger partial charge is 0.263 e. The Hall–Kier alpha value is -2.30. The maximum Gasteiger partial charge on any atom is 0.263 e. The lowest BCUT2D eigenvalue weighted by Gasteiger charge is -2.37. The van der Waals surface area contributed by atoms with Crippen LogP contribution in [0, 0.1) is 5.92 Å². The molecule has 0 unspecified atom stereocenters. The first-order valence-corrected chi connectivity index (χ1v) is 12.1. The number of nitrogens with zero attached hydrogens (tertiary/aromatic N) is 5. The van der Waals surface area contributed by atoms with Crippen LogP contribution in [0.25, 0.3) is 11.1 Å². The van der Waals surface area contributed by atoms with Gasteiger partial charge in [-0.15, -0.1) is 0 Å². The molecule has 0 spiro atoms. The van der Waals surface area contributed by atoms with Crippen LogP contribution < -0.4 is 0 Å². The molecule has 1 saturated heterocycles. The van der Waals surface area contributed by atoms with E-state index in [9.17, 15) is 13.2 Å². The SMILES string of the molecule is CO[C@H]1CCC[C@H](C(=O)N2CCN(S(=O)(=O)c3nn(C)cc3-c3cccnc3)CC2)C1. The second kappa shape index (κ2) is 9.05. The van der Waals surface area contributed by atoms with Crippen molar-refractivity contribution in [2.45, 2.75) is 36.8 Å². The highest BCUT2D eigenvalue weighted by Gasteiger charge is 2.36. The Balaban J connectivity index is 1.46. The van der Waals surface area contributed by atoms with Gasteiger partial charge in [0.2, 0.25) is 5.91 Å². The first kappa shape index (κ1) is 21.9. The third kappa shape index (κ3) is 4.51. The van der Waals surface area contributed by atoms with Crippen LogP contribution >= 0.6 is 0 Å². The molecule has 1 amide bonds. The number of aromatic nitrogens is 3. The molecule has 9 nitrogen and oxygen atoms in total. The average Bonchev–Trinajstić information content (AvgIpc) is 3.22. The summed E-state index contributed by atoms with van der Waals surface area (Å²) in [5, 5.41) is 4.27. The number of piperazine rings is 1. The van der Waals surface area contributed by atoms with Crippen LogP contribution in [0.1, 0.15) is 25.7 Å². The first-order chi connectivity index (χ1) is 14.9. The van der Waals surface area contributed by atoms with Crippen molar-refractivity contribution in [3.63, 3.8) is 0 Å². The van der Waals surface area contributed by atoms with Crippen LogP contribution in [-0.2, 0) is 26.6 Å². The zero-order valence-corrected chi connectivity index (χ0v) is 18.8. The van der Waals surface area contributed by atoms with Gasteiger partial charge < -0.3 is 9.64 Å². The van der Waals surface area contributed by atoms with E-state index in [4.69, 9.17) is 4.74 Å². The maximum atomic E-state index is 13.4. The summed E-state index contributed by atoms with van der Waals surface area (Å²) in [7, 11) is -0.397. The summed E-state index contributed by atoms with van der Waals surface area (Å²) in [5.41, 5.74) is 1.23. The van der Waals surface area contributed by atoms with Crippen molar-refractivity contribution in [1.29, 1.82) is 0 Å². The van der Waals surface area contributed by atoms with Crippen LogP contribution in [0.15, 0.2) is 35.7 Å². The van der Waals surface area contributed by atoms with Crippen LogP contribution in [-0.4, -0.2) is 77.7 Å². The third-order valence-electron chi connectivity index (χ3n) is 6.21. The second-order valence-corrected chi connectivity index (χ2v) is 10.1. The predicted octanol–water partition coefficient (Wildman–Crippen LogP) is 1.52. The highest BCUT2D eigenvalue weighted by atomic mass is 32.2. The Morgan fingerprint density at radius 3 is 2.65 bits per heavy atom. The molecule has 2 aromatic heterocycles. The van der Waals surface area contributed by atoms with Crippen LogP contribution in [0.2, 0.25) is 0 Å². The Morgan fingerprint density at radius 2 is 1.97 bits per heavy atom. The molecule has 10 heteroatoms. The molecule has 2 fully saturated rings. The number of hydrogen-bond acceptors (Lipinski definition) is 6. The van der Waals surface area contributed by atoms with E-state index in [1.54, 1.807) is 43.7 Å². The number of pyridine rings is 1. The van der Waals surface area contributed by atoms with E-state index in [0.717, 1.165) is 25.7 Å². The molecule has 1 aliphatic carbocycles. The van der Waals surface area contributed by atoms with Gasteiger partial charge >= 0.3 is 0 Å². The van der Waals surface area contributed by atoms with Gasteiger partial charge in [0.25, 0.3) is 10.0 Å². The number of rotatable bonds is 5. The van der Waals surface area contributed by atoms with Gasteiger partial charge in [0, 0.05) is 76.0 Å². The lowest BCUT2D eigenvalue weighted by atomic mass is 9.86. The number of aryl methyl sites for hydroxylation is 1. The summed E-state index contributed by atoms with van der Waals surface area (Å²) < 4.78 is 35.1. The monoisotopic (exact) mass is 447 g/mol. The normalized spacial score (nSPS) is 23.1. The quantitative estimate of drug-likeness (QED) is 0.689. The van der Waals surface area contributed by atoms with Crippen LogP contribution in [0.5, 0.6) is 0 Å². The van der Waals surface area contributed by atoms with Crippen molar-refractivity contribution in [3.8, 4) is 11.1 Å². The minimum atomic E-state index is -3.79. The van der Waals surface area contributed by atoms with Gasteiger partial charge in [-0.05, 0) is 25.3 Å². The van der Waals surface area contributed by atoms with Crippen molar-refractivity contribution >= 4 is 15.9 Å². The van der Waals surface area contributed by atoms with E-state index < -0.39 is 10.0 Å². The Labute approximate surface area is 183 Å². The van der Waals surface area contributed by atoms with E-state index in [0.29, 0.717) is 24.2 Å². The fourth-order valence-electron chi connectivity index (χ4n) is 4.49. The Morgan fingerprint density at radius 1 is 1.19 bits per heavy atom. The summed E-state index contributed by atoms with van der Waals surface area (Å²) >= 11 is 0. The number of hydrogen-bond donors (Lipinski definition) is 0. The standard InChI is InChI=1S/C21H29N5O4S/c1-24-15-19(17-6-4-8-22-14-17)20(23-24)31(28,29)26-11-9-25(10-12-26)21(27)16-5-3-7-18(13-16)30-2/h4,6,8,14-16,18H,3,5,7,9-13H2,1-2H3/t16-,18-/m0/s1. The van der Waals surface area contributed by atoms with Crippen LogP contribution in [0.4, 0.5) is 0 Å². The lowest BCUT2D eigenvalue weighted by Crippen LogP contribution is -2.52. The minimum absolute atomic E-state index is 0.0259. The predicted molar refractivity (Wildman–Crippen MR) is 115 cm³/mol. The summed E-state index contributed by atoms with van der Waals surface area (Å²) in [5.74, 6) is 0.0857. The second-order valence-electron chi connectivity index (χ2n) is 8.21. The molecule has 1 saturated carbocycles. The molecule has 2 aromatic rings. The van der Waals surface area contributed by atoms with Crippen molar-refractivity contribution < 1.29 is 17.9 Å². The zero-order valence-electron chi connectivity index (χ0n) is 18.0. The van der Waals surface area contributed by atoms with Gasteiger partial charge in [0.1, 0.15) is 0 Å². The number of amides is 1. The number of sulfonamides is 1. The van der Waals surface area contributed by atoms with E-state index >= 15 is 0 Å². The van der Waals surface area contributed by atoms with E-state index in [-0.39, 0.29) is 36.0 Å². The summed E-state index contributed by atoms with van der Waals surface area (Å²) in [6, 6.07) is 3.58. The zero-order chi connectivity index (χ0) is 22.0. The highest BCUT2D eigenvalue weighted by molar-refractivity contribution is 7.89. The lowest BCUT2D eigenvalue weighted by molar-refractivity contribution is -0.139. The van der Waals surface area contributed by atoms with Gasteiger partial charge in [0.15, 0.2) is 5.03 Å². The van der Waals surface area contributed by atoms with Crippen LogP contribution in [0.3, 0.4) is 0 Å². The average molecular weight is 448 g/mol. The number of methoxy groups -OCH3 is 1. The molecular formula is C21H29N5O4S. The number of ether oxygens (including phenoxy) is 1. The summed E-state index contributed by atoms with van der Waals surface area (Å²) in [6.07, 6.45) is 8.71. The molecule has 0 bridgehead atoms. The molecule has 0 radical (unpaired) electrons. The fraction of sp³-hybridized carbons (Fsp3) is 0.571. The first-order valence-electron chi connectivity index (χ1n) is 10.7. The molecular weight excluding hydrogens is 418 g/mol. The molecule has 0 aromatic carbocycles. The fourth-order valence-corrected chi connectivity index (χ4v) is 6.06. The molecule has 0 N–H and O–H groups in total. The van der Waals surface area contributed by atoms with E-state index in [1.807, 2.05) is 6.07 Å². The van der Waals surface area contributed by atoms with Gasteiger partial charge in [-0.3, -0.25) is 14.5 Å². The van der Waals surface area contributed by atoms with Crippen molar-refractivity contribution in [2.75, 3.05) is 33.3 Å².